The molecule has 0 bridgehead atoms. The Balaban J connectivity index is 1.67. The van der Waals surface area contributed by atoms with E-state index in [1.165, 1.54) is 4.68 Å². The first-order valence-corrected chi connectivity index (χ1v) is 9.50. The minimum absolute atomic E-state index is 0.179. The second-order valence-electron chi connectivity index (χ2n) is 6.03. The lowest BCUT2D eigenvalue weighted by atomic mass is 10.0. The van der Waals surface area contributed by atoms with E-state index >= 15 is 0 Å². The summed E-state index contributed by atoms with van der Waals surface area (Å²) >= 11 is 3.39. The van der Waals surface area contributed by atoms with Crippen molar-refractivity contribution in [3.63, 3.8) is 0 Å². The number of aliphatic hydroxyl groups excluding tert-OH is 1. The Labute approximate surface area is 168 Å². The Morgan fingerprint density at radius 1 is 1.30 bits per heavy atom. The smallest absolute Gasteiger partial charge is 0.356 e. The van der Waals surface area contributed by atoms with Crippen molar-refractivity contribution in [2.75, 3.05) is 18.5 Å². The van der Waals surface area contributed by atoms with E-state index in [1.54, 1.807) is 13.0 Å². The monoisotopic (exact) mass is 430 g/mol. The lowest BCUT2D eigenvalue weighted by molar-refractivity contribution is 0.0507. The Kier molecular flexibility index (Phi) is 6.90. The summed E-state index contributed by atoms with van der Waals surface area (Å²) in [7, 11) is 0. The van der Waals surface area contributed by atoms with Gasteiger partial charge in [-0.2, -0.15) is 5.10 Å². The second-order valence-corrected chi connectivity index (χ2v) is 6.95. The predicted molar refractivity (Wildman–Crippen MR) is 106 cm³/mol. The van der Waals surface area contributed by atoms with Crippen LogP contribution in [-0.4, -0.2) is 40.1 Å². The van der Waals surface area contributed by atoms with Gasteiger partial charge in [0, 0.05) is 22.6 Å². The SMILES string of the molecule is CCOC(=O)c1cc([C]2[CH][CH][CH][CH]2)nn1C[C@H](O)CNc1ccc(Br)cc1. The first kappa shape index (κ1) is 19.9. The normalized spacial score (nSPS) is 15.7. The van der Waals surface area contributed by atoms with Crippen molar-refractivity contribution in [2.45, 2.75) is 19.6 Å². The lowest BCUT2D eigenvalue weighted by Crippen LogP contribution is -2.27. The second kappa shape index (κ2) is 9.37. The Hall–Kier alpha value is -1.86. The van der Waals surface area contributed by atoms with Crippen LogP contribution in [0.5, 0.6) is 0 Å². The number of benzene rings is 1. The number of nitrogens with one attached hydrogen (secondary N) is 1. The van der Waals surface area contributed by atoms with Gasteiger partial charge in [-0.25, -0.2) is 4.79 Å². The highest BCUT2D eigenvalue weighted by Crippen LogP contribution is 2.29. The van der Waals surface area contributed by atoms with Gasteiger partial charge in [-0.15, -0.1) is 0 Å². The topological polar surface area (TPSA) is 76.4 Å². The average Bonchev–Trinajstić information content (AvgIpc) is 3.31. The number of nitrogens with zero attached hydrogens (tertiary/aromatic N) is 2. The molecule has 2 aromatic rings. The van der Waals surface area contributed by atoms with Crippen molar-refractivity contribution in [1.82, 2.24) is 9.78 Å². The Morgan fingerprint density at radius 2 is 2.00 bits per heavy atom. The average molecular weight is 431 g/mol. The van der Waals surface area contributed by atoms with Crippen LogP contribution >= 0.6 is 15.9 Å². The molecule has 1 aliphatic carbocycles. The molecule has 1 aromatic carbocycles. The fourth-order valence-electron chi connectivity index (χ4n) is 2.68. The maximum atomic E-state index is 12.3. The molecule has 1 atom stereocenters. The molecule has 3 rings (SSSR count). The van der Waals surface area contributed by atoms with Gasteiger partial charge in [0.15, 0.2) is 0 Å². The zero-order valence-corrected chi connectivity index (χ0v) is 16.5. The van der Waals surface area contributed by atoms with E-state index in [0.717, 1.165) is 16.1 Å². The molecule has 2 N–H and O–H groups in total. The third-order valence-electron chi connectivity index (χ3n) is 3.99. The number of halogens is 1. The quantitative estimate of drug-likeness (QED) is 0.629. The van der Waals surface area contributed by atoms with Crippen molar-refractivity contribution >= 4 is 27.6 Å². The van der Waals surface area contributed by atoms with Crippen LogP contribution in [0.4, 0.5) is 5.69 Å². The molecule has 0 amide bonds. The largest absolute Gasteiger partial charge is 0.461 e. The van der Waals surface area contributed by atoms with Crippen LogP contribution in [0.3, 0.4) is 0 Å². The summed E-state index contributed by atoms with van der Waals surface area (Å²) < 4.78 is 7.62. The van der Waals surface area contributed by atoms with Gasteiger partial charge in [0.1, 0.15) is 5.69 Å². The van der Waals surface area contributed by atoms with Crippen molar-refractivity contribution in [3.05, 3.63) is 77.8 Å². The van der Waals surface area contributed by atoms with Gasteiger partial charge in [-0.05, 0) is 62.9 Å². The highest BCUT2D eigenvalue weighted by Gasteiger charge is 2.26. The van der Waals surface area contributed by atoms with Gasteiger partial charge in [-0.1, -0.05) is 15.9 Å². The molecule has 1 saturated carbocycles. The van der Waals surface area contributed by atoms with E-state index < -0.39 is 12.1 Å². The standard InChI is InChI=1S/C20H21BrN3O3/c1-2-27-20(26)19-11-18(14-5-3-4-6-14)23-24(19)13-17(25)12-22-16-9-7-15(21)8-10-16/h3-11,17,22,25H,2,12-13H2,1H3/t17-/m1/s1. The molecule has 7 heteroatoms. The van der Waals surface area contributed by atoms with Gasteiger partial charge in [-0.3, -0.25) is 4.68 Å². The molecule has 1 aliphatic rings. The van der Waals surface area contributed by atoms with Crippen molar-refractivity contribution < 1.29 is 14.6 Å². The number of carbonyl (C=O) groups is 1. The van der Waals surface area contributed by atoms with Crippen LogP contribution in [0.25, 0.3) is 0 Å². The Bertz CT molecular complexity index is 754. The van der Waals surface area contributed by atoms with Crippen LogP contribution in [0.1, 0.15) is 23.1 Å². The number of aromatic nitrogens is 2. The molecule has 141 valence electrons. The highest BCUT2D eigenvalue weighted by molar-refractivity contribution is 9.10. The molecule has 0 saturated heterocycles. The third-order valence-corrected chi connectivity index (χ3v) is 4.52. The summed E-state index contributed by atoms with van der Waals surface area (Å²) in [6.07, 6.45) is 6.94. The molecule has 1 heterocycles. The van der Waals surface area contributed by atoms with Crippen molar-refractivity contribution in [1.29, 1.82) is 0 Å². The number of carbonyl (C=O) groups excluding carboxylic acids is 1. The van der Waals surface area contributed by atoms with E-state index in [4.69, 9.17) is 4.74 Å². The fourth-order valence-corrected chi connectivity index (χ4v) is 2.94. The van der Waals surface area contributed by atoms with Gasteiger partial charge < -0.3 is 15.2 Å². The van der Waals surface area contributed by atoms with Crippen LogP contribution in [0, 0.1) is 31.6 Å². The van der Waals surface area contributed by atoms with Gasteiger partial charge >= 0.3 is 5.97 Å². The summed E-state index contributed by atoms with van der Waals surface area (Å²) in [5.41, 5.74) is 1.91. The summed E-state index contributed by atoms with van der Waals surface area (Å²) in [4.78, 5) is 12.3. The summed E-state index contributed by atoms with van der Waals surface area (Å²) in [5.74, 6) is 0.470. The van der Waals surface area contributed by atoms with Crippen molar-refractivity contribution in [2.24, 2.45) is 0 Å². The third kappa shape index (κ3) is 5.32. The number of esters is 1. The van der Waals surface area contributed by atoms with Crippen LogP contribution in [-0.2, 0) is 11.3 Å². The molecule has 5 radical (unpaired) electrons. The molecule has 0 aliphatic heterocycles. The molecule has 0 unspecified atom stereocenters. The fraction of sp³-hybridized carbons (Fsp3) is 0.250. The van der Waals surface area contributed by atoms with E-state index in [1.807, 2.05) is 49.9 Å². The molecule has 1 aromatic heterocycles. The van der Waals surface area contributed by atoms with E-state index in [-0.39, 0.29) is 13.2 Å². The molecule has 1 fully saturated rings. The number of aliphatic hydroxyl groups is 1. The summed E-state index contributed by atoms with van der Waals surface area (Å²) in [5, 5.41) is 18.1. The minimum Gasteiger partial charge on any atom is -0.461 e. The van der Waals surface area contributed by atoms with Crippen LogP contribution < -0.4 is 5.32 Å². The highest BCUT2D eigenvalue weighted by atomic mass is 79.9. The molecular formula is C20H21BrN3O3. The van der Waals surface area contributed by atoms with E-state index in [2.05, 4.69) is 26.3 Å². The first-order valence-electron chi connectivity index (χ1n) is 8.71. The van der Waals surface area contributed by atoms with E-state index in [9.17, 15) is 9.90 Å². The minimum atomic E-state index is -0.728. The zero-order valence-electron chi connectivity index (χ0n) is 14.9. The zero-order chi connectivity index (χ0) is 19.2. The number of rotatable bonds is 8. The van der Waals surface area contributed by atoms with Gasteiger partial charge in [0.2, 0.25) is 0 Å². The number of ether oxygens (including phenoxy) is 1. The lowest BCUT2D eigenvalue weighted by Gasteiger charge is -2.14. The predicted octanol–water partition coefficient (Wildman–Crippen LogP) is 3.05. The maximum Gasteiger partial charge on any atom is 0.356 e. The summed E-state index contributed by atoms with van der Waals surface area (Å²) in [6.45, 7) is 2.55. The van der Waals surface area contributed by atoms with Crippen LogP contribution in [0.15, 0.2) is 34.8 Å². The molecule has 6 nitrogen and oxygen atoms in total. The van der Waals surface area contributed by atoms with Crippen LogP contribution in [0.2, 0.25) is 0 Å². The first-order chi connectivity index (χ1) is 13.1. The maximum absolute atomic E-state index is 12.3. The molecule has 0 spiro atoms. The number of hydrogen-bond donors (Lipinski definition) is 2. The Morgan fingerprint density at radius 3 is 2.67 bits per heavy atom. The summed E-state index contributed by atoms with van der Waals surface area (Å²) in [6, 6.07) is 9.38. The van der Waals surface area contributed by atoms with Gasteiger partial charge in [0.05, 0.1) is 24.9 Å². The molecule has 27 heavy (non-hydrogen) atoms. The number of hydrogen-bond acceptors (Lipinski definition) is 5. The van der Waals surface area contributed by atoms with Gasteiger partial charge in [0.25, 0.3) is 0 Å². The van der Waals surface area contributed by atoms with E-state index in [0.29, 0.717) is 17.9 Å². The van der Waals surface area contributed by atoms with Crippen molar-refractivity contribution in [3.8, 4) is 0 Å². The number of anilines is 1. The molecular weight excluding hydrogens is 410 g/mol.